The summed E-state index contributed by atoms with van der Waals surface area (Å²) in [5.41, 5.74) is 0. The Labute approximate surface area is 86.4 Å². The van der Waals surface area contributed by atoms with Crippen LogP contribution in [0.2, 0.25) is 0 Å². The van der Waals surface area contributed by atoms with Crippen LogP contribution in [0.1, 0.15) is 13.3 Å². The van der Waals surface area contributed by atoms with E-state index in [-0.39, 0.29) is 0 Å². The largest absolute Gasteiger partial charge is 0.385 e. The van der Waals surface area contributed by atoms with Gasteiger partial charge in [-0.05, 0) is 13.0 Å². The number of rotatable bonds is 9. The Morgan fingerprint density at radius 3 is 2.64 bits per heavy atom. The summed E-state index contributed by atoms with van der Waals surface area (Å²) in [6.07, 6.45) is 0.931. The van der Waals surface area contributed by atoms with Crippen molar-refractivity contribution in [3.63, 3.8) is 0 Å². The molecule has 0 aromatic carbocycles. The van der Waals surface area contributed by atoms with Gasteiger partial charge in [0.1, 0.15) is 0 Å². The van der Waals surface area contributed by atoms with E-state index in [1.807, 2.05) is 6.92 Å². The molecule has 0 heterocycles. The summed E-state index contributed by atoms with van der Waals surface area (Å²) in [4.78, 5) is 2.05. The molecule has 4 heteroatoms. The van der Waals surface area contributed by atoms with E-state index in [1.165, 1.54) is 0 Å². The summed E-state index contributed by atoms with van der Waals surface area (Å²) in [7, 11) is 1.69. The molecule has 0 rings (SSSR count). The lowest BCUT2D eigenvalue weighted by atomic mass is 10.4. The summed E-state index contributed by atoms with van der Waals surface area (Å²) in [6.45, 7) is 6.43. The Kier molecular flexibility index (Phi) is 9.98. The van der Waals surface area contributed by atoms with E-state index in [2.05, 4.69) is 11.0 Å². The number of nitriles is 1. The second-order valence-corrected chi connectivity index (χ2v) is 2.99. The number of ether oxygens (including phenoxy) is 2. The van der Waals surface area contributed by atoms with Crippen molar-refractivity contribution < 1.29 is 9.47 Å². The monoisotopic (exact) mass is 200 g/mol. The van der Waals surface area contributed by atoms with Gasteiger partial charge in [-0.3, -0.25) is 4.90 Å². The fourth-order valence-electron chi connectivity index (χ4n) is 1.05. The van der Waals surface area contributed by atoms with Crippen LogP contribution in [0.25, 0.3) is 0 Å². The smallest absolute Gasteiger partial charge is 0.0866 e. The zero-order valence-electron chi connectivity index (χ0n) is 9.16. The SMILES string of the molecule is CCN(CC#N)CCOCCCOC. The second-order valence-electron chi connectivity index (χ2n) is 2.99. The molecule has 0 unspecified atom stereocenters. The number of nitrogens with zero attached hydrogens (tertiary/aromatic N) is 2. The fourth-order valence-corrected chi connectivity index (χ4v) is 1.05. The van der Waals surface area contributed by atoms with E-state index < -0.39 is 0 Å². The first-order valence-electron chi connectivity index (χ1n) is 5.01. The minimum absolute atomic E-state index is 0.484. The Bertz CT molecular complexity index is 157. The first-order valence-corrected chi connectivity index (χ1v) is 5.01. The highest BCUT2D eigenvalue weighted by Gasteiger charge is 1.99. The van der Waals surface area contributed by atoms with Gasteiger partial charge >= 0.3 is 0 Å². The molecule has 0 fully saturated rings. The predicted molar refractivity (Wildman–Crippen MR) is 55.0 cm³/mol. The third-order valence-electron chi connectivity index (χ3n) is 1.93. The average Bonchev–Trinajstić information content (AvgIpc) is 2.21. The molecular weight excluding hydrogens is 180 g/mol. The summed E-state index contributed by atoms with van der Waals surface area (Å²) in [6, 6.07) is 2.13. The van der Waals surface area contributed by atoms with Gasteiger partial charge in [0.25, 0.3) is 0 Å². The van der Waals surface area contributed by atoms with Crippen molar-refractivity contribution in [2.45, 2.75) is 13.3 Å². The molecule has 82 valence electrons. The minimum Gasteiger partial charge on any atom is -0.385 e. The maximum Gasteiger partial charge on any atom is 0.0866 e. The van der Waals surface area contributed by atoms with Crippen LogP contribution >= 0.6 is 0 Å². The van der Waals surface area contributed by atoms with Crippen LogP contribution in [0.15, 0.2) is 0 Å². The molecule has 14 heavy (non-hydrogen) atoms. The molecular formula is C10H20N2O2. The van der Waals surface area contributed by atoms with Gasteiger partial charge in [-0.2, -0.15) is 5.26 Å². The van der Waals surface area contributed by atoms with Gasteiger partial charge in [0, 0.05) is 26.9 Å². The lowest BCUT2D eigenvalue weighted by Crippen LogP contribution is -2.27. The number of methoxy groups -OCH3 is 1. The Morgan fingerprint density at radius 2 is 2.07 bits per heavy atom. The quantitative estimate of drug-likeness (QED) is 0.409. The summed E-state index contributed by atoms with van der Waals surface area (Å²) < 4.78 is 10.3. The average molecular weight is 200 g/mol. The number of hydrogen-bond acceptors (Lipinski definition) is 4. The van der Waals surface area contributed by atoms with E-state index in [9.17, 15) is 0 Å². The molecule has 0 atom stereocenters. The standard InChI is InChI=1S/C10H20N2O2/c1-3-12(6-5-11)7-10-14-9-4-8-13-2/h3-4,6-10H2,1-2H3. The van der Waals surface area contributed by atoms with Crippen LogP contribution < -0.4 is 0 Å². The number of likely N-dealkylation sites (N-methyl/N-ethyl adjacent to an activating group) is 1. The summed E-state index contributed by atoms with van der Waals surface area (Å²) >= 11 is 0. The Balaban J connectivity index is 3.21. The van der Waals surface area contributed by atoms with Gasteiger partial charge in [0.2, 0.25) is 0 Å². The maximum absolute atomic E-state index is 8.49. The van der Waals surface area contributed by atoms with Gasteiger partial charge < -0.3 is 9.47 Å². The number of hydrogen-bond donors (Lipinski definition) is 0. The molecule has 0 radical (unpaired) electrons. The van der Waals surface area contributed by atoms with Crippen LogP contribution in [-0.4, -0.2) is 51.5 Å². The second kappa shape index (κ2) is 10.5. The molecule has 0 saturated carbocycles. The molecule has 0 N–H and O–H groups in total. The molecule has 0 aliphatic heterocycles. The third-order valence-corrected chi connectivity index (χ3v) is 1.93. The fraction of sp³-hybridized carbons (Fsp3) is 0.900. The van der Waals surface area contributed by atoms with Crippen LogP contribution in [0.3, 0.4) is 0 Å². The van der Waals surface area contributed by atoms with Crippen molar-refractivity contribution in [2.24, 2.45) is 0 Å². The minimum atomic E-state index is 0.484. The summed E-state index contributed by atoms with van der Waals surface area (Å²) in [5, 5.41) is 8.49. The third kappa shape index (κ3) is 7.99. The van der Waals surface area contributed by atoms with Gasteiger partial charge in [0.15, 0.2) is 0 Å². The van der Waals surface area contributed by atoms with Crippen molar-refractivity contribution in [3.05, 3.63) is 0 Å². The van der Waals surface area contributed by atoms with Crippen LogP contribution in [0.4, 0.5) is 0 Å². The van der Waals surface area contributed by atoms with E-state index in [0.717, 1.165) is 32.7 Å². The van der Waals surface area contributed by atoms with E-state index in [4.69, 9.17) is 14.7 Å². The van der Waals surface area contributed by atoms with Crippen LogP contribution in [0, 0.1) is 11.3 Å². The van der Waals surface area contributed by atoms with Crippen molar-refractivity contribution in [3.8, 4) is 6.07 Å². The molecule has 0 aliphatic carbocycles. The normalized spacial score (nSPS) is 10.4. The van der Waals surface area contributed by atoms with Crippen molar-refractivity contribution >= 4 is 0 Å². The molecule has 0 spiro atoms. The van der Waals surface area contributed by atoms with Gasteiger partial charge in [0.05, 0.1) is 19.2 Å². The zero-order valence-corrected chi connectivity index (χ0v) is 9.16. The summed E-state index contributed by atoms with van der Waals surface area (Å²) in [5.74, 6) is 0. The van der Waals surface area contributed by atoms with Crippen LogP contribution in [-0.2, 0) is 9.47 Å². The van der Waals surface area contributed by atoms with Crippen molar-refractivity contribution in [1.29, 1.82) is 5.26 Å². The maximum atomic E-state index is 8.49. The van der Waals surface area contributed by atoms with E-state index in [1.54, 1.807) is 7.11 Å². The van der Waals surface area contributed by atoms with Gasteiger partial charge in [-0.25, -0.2) is 0 Å². The predicted octanol–water partition coefficient (Wildman–Crippen LogP) is 0.885. The highest BCUT2D eigenvalue weighted by Crippen LogP contribution is 1.88. The molecule has 0 bridgehead atoms. The Morgan fingerprint density at radius 1 is 1.29 bits per heavy atom. The topological polar surface area (TPSA) is 45.5 Å². The molecule has 0 saturated heterocycles. The van der Waals surface area contributed by atoms with Crippen molar-refractivity contribution in [2.75, 3.05) is 46.6 Å². The molecule has 0 aromatic heterocycles. The lowest BCUT2D eigenvalue weighted by molar-refractivity contribution is 0.0874. The van der Waals surface area contributed by atoms with E-state index in [0.29, 0.717) is 13.2 Å². The molecule has 0 aromatic rings. The first-order chi connectivity index (χ1) is 6.85. The molecule has 4 nitrogen and oxygen atoms in total. The lowest BCUT2D eigenvalue weighted by Gasteiger charge is -2.16. The van der Waals surface area contributed by atoms with Crippen molar-refractivity contribution in [1.82, 2.24) is 4.90 Å². The van der Waals surface area contributed by atoms with Gasteiger partial charge in [-0.1, -0.05) is 6.92 Å². The zero-order chi connectivity index (χ0) is 10.6. The van der Waals surface area contributed by atoms with E-state index >= 15 is 0 Å². The first kappa shape index (κ1) is 13.4. The molecule has 0 aliphatic rings. The molecule has 0 amide bonds. The van der Waals surface area contributed by atoms with Crippen LogP contribution in [0.5, 0.6) is 0 Å². The highest BCUT2D eigenvalue weighted by molar-refractivity contribution is 4.75. The highest BCUT2D eigenvalue weighted by atomic mass is 16.5. The Hall–Kier alpha value is -0.630. The van der Waals surface area contributed by atoms with Gasteiger partial charge in [-0.15, -0.1) is 0 Å².